The summed E-state index contributed by atoms with van der Waals surface area (Å²) in [5.41, 5.74) is 0.464. The van der Waals surface area contributed by atoms with Crippen LogP contribution in [0.5, 0.6) is 5.75 Å². The number of amides is 1. The number of carbonyl (C=O) groups is 1. The fourth-order valence-electron chi connectivity index (χ4n) is 4.70. The van der Waals surface area contributed by atoms with Gasteiger partial charge in [-0.1, -0.05) is 43.5 Å². The van der Waals surface area contributed by atoms with Crippen molar-refractivity contribution in [2.24, 2.45) is 0 Å². The number of hydrogen-bond donors (Lipinski definition) is 1. The van der Waals surface area contributed by atoms with Crippen LogP contribution in [0.15, 0.2) is 48.5 Å². The normalized spacial score (nSPS) is 21.0. The van der Waals surface area contributed by atoms with Gasteiger partial charge in [0.05, 0.1) is 18.2 Å². The van der Waals surface area contributed by atoms with Crippen LogP contribution in [-0.2, 0) is 17.4 Å². The fourth-order valence-corrected chi connectivity index (χ4v) is 4.70. The van der Waals surface area contributed by atoms with E-state index in [0.29, 0.717) is 18.5 Å². The number of methoxy groups -OCH3 is 1. The minimum absolute atomic E-state index is 0.0607. The summed E-state index contributed by atoms with van der Waals surface area (Å²) in [6, 6.07) is 12.9. The Morgan fingerprint density at radius 3 is 2.26 bits per heavy atom. The molecule has 1 saturated heterocycles. The summed E-state index contributed by atoms with van der Waals surface area (Å²) in [7, 11) is 1.61. The maximum absolute atomic E-state index is 13.5. The molecule has 2 aromatic rings. The number of rotatable bonds is 5. The van der Waals surface area contributed by atoms with E-state index in [9.17, 15) is 18.0 Å². The molecule has 31 heavy (non-hydrogen) atoms. The highest BCUT2D eigenvalue weighted by Crippen LogP contribution is 2.40. The Morgan fingerprint density at radius 2 is 1.68 bits per heavy atom. The van der Waals surface area contributed by atoms with Gasteiger partial charge in [-0.2, -0.15) is 13.2 Å². The number of hydrogen-bond acceptors (Lipinski definition) is 3. The lowest BCUT2D eigenvalue weighted by Gasteiger charge is -2.31. The van der Waals surface area contributed by atoms with E-state index in [4.69, 9.17) is 4.74 Å². The van der Waals surface area contributed by atoms with Crippen molar-refractivity contribution in [2.45, 2.75) is 56.4 Å². The molecule has 0 bridgehead atoms. The van der Waals surface area contributed by atoms with Crippen molar-refractivity contribution in [1.29, 1.82) is 0 Å². The monoisotopic (exact) mass is 432 g/mol. The molecule has 1 unspecified atom stereocenters. The van der Waals surface area contributed by atoms with E-state index in [1.54, 1.807) is 12.0 Å². The lowest BCUT2D eigenvalue weighted by atomic mass is 9.81. The van der Waals surface area contributed by atoms with Crippen LogP contribution >= 0.6 is 0 Å². The predicted molar refractivity (Wildman–Crippen MR) is 112 cm³/mol. The Hall–Kier alpha value is -2.54. The van der Waals surface area contributed by atoms with E-state index in [0.717, 1.165) is 55.5 Å². The molecule has 1 amide bonds. The van der Waals surface area contributed by atoms with Gasteiger partial charge in [0.15, 0.2) is 0 Å². The molecule has 1 N–H and O–H groups in total. The zero-order chi connectivity index (χ0) is 22.1. The number of nitrogens with zero attached hydrogens (tertiary/aromatic N) is 1. The number of carbonyl (C=O) groups excluding carboxylic acids is 1. The van der Waals surface area contributed by atoms with Crippen LogP contribution in [0.4, 0.5) is 13.2 Å². The fraction of sp³-hybridized carbons (Fsp3) is 0.458. The van der Waals surface area contributed by atoms with Gasteiger partial charge in [-0.15, -0.1) is 0 Å². The minimum atomic E-state index is -4.38. The van der Waals surface area contributed by atoms with Crippen LogP contribution in [-0.4, -0.2) is 30.0 Å². The highest BCUT2D eigenvalue weighted by atomic mass is 19.4. The van der Waals surface area contributed by atoms with Gasteiger partial charge in [-0.25, -0.2) is 0 Å². The third kappa shape index (κ3) is 4.42. The first-order chi connectivity index (χ1) is 14.8. The van der Waals surface area contributed by atoms with Crippen LogP contribution in [0, 0.1) is 0 Å². The third-order valence-corrected chi connectivity index (χ3v) is 6.46. The highest BCUT2D eigenvalue weighted by Gasteiger charge is 2.51. The number of benzene rings is 2. The van der Waals surface area contributed by atoms with Gasteiger partial charge in [-0.3, -0.25) is 10.1 Å². The molecular formula is C24H27F3N2O2. The first-order valence-corrected chi connectivity index (χ1v) is 10.7. The standard InChI is InChI=1S/C24H27F3N2O2/c1-31-20-11-5-17(6-12-20)13-16-29-21(18-7-9-19(10-8-18)24(25,26)27)28-23(22(29)30)14-3-2-4-15-23/h5-12,21,28H,2-4,13-16H2,1H3. The van der Waals surface area contributed by atoms with Crippen molar-refractivity contribution in [2.75, 3.05) is 13.7 Å². The molecule has 4 nitrogen and oxygen atoms in total. The van der Waals surface area contributed by atoms with E-state index in [2.05, 4.69) is 5.32 Å². The average Bonchev–Trinajstić information content (AvgIpc) is 3.04. The molecule has 2 fully saturated rings. The van der Waals surface area contributed by atoms with Crippen molar-refractivity contribution < 1.29 is 22.7 Å². The quantitative estimate of drug-likeness (QED) is 0.716. The van der Waals surface area contributed by atoms with Gasteiger partial charge < -0.3 is 9.64 Å². The lowest BCUT2D eigenvalue weighted by Crippen LogP contribution is -2.48. The lowest BCUT2D eigenvalue weighted by molar-refractivity contribution is -0.137. The summed E-state index contributed by atoms with van der Waals surface area (Å²) in [5.74, 6) is 0.831. The summed E-state index contributed by atoms with van der Waals surface area (Å²) in [4.78, 5) is 15.3. The van der Waals surface area contributed by atoms with Crippen molar-refractivity contribution in [1.82, 2.24) is 10.2 Å². The molecular weight excluding hydrogens is 405 g/mol. The molecule has 1 heterocycles. The van der Waals surface area contributed by atoms with E-state index in [1.165, 1.54) is 12.1 Å². The van der Waals surface area contributed by atoms with Crippen LogP contribution in [0.2, 0.25) is 0 Å². The van der Waals surface area contributed by atoms with E-state index in [1.807, 2.05) is 24.3 Å². The molecule has 166 valence electrons. The molecule has 0 aromatic heterocycles. The second-order valence-corrected chi connectivity index (χ2v) is 8.41. The molecule has 2 aliphatic rings. The highest BCUT2D eigenvalue weighted by molar-refractivity contribution is 5.89. The number of halogens is 3. The van der Waals surface area contributed by atoms with E-state index in [-0.39, 0.29) is 5.91 Å². The summed E-state index contributed by atoms with van der Waals surface area (Å²) >= 11 is 0. The van der Waals surface area contributed by atoms with Gasteiger partial charge >= 0.3 is 6.18 Å². The smallest absolute Gasteiger partial charge is 0.416 e. The maximum Gasteiger partial charge on any atom is 0.416 e. The summed E-state index contributed by atoms with van der Waals surface area (Å²) in [5, 5.41) is 3.51. The first-order valence-electron chi connectivity index (χ1n) is 10.7. The first kappa shape index (κ1) is 21.7. The number of nitrogens with one attached hydrogen (secondary N) is 1. The van der Waals surface area contributed by atoms with Crippen LogP contribution in [0.25, 0.3) is 0 Å². The summed E-state index contributed by atoms with van der Waals surface area (Å²) in [6.45, 7) is 0.492. The Morgan fingerprint density at radius 1 is 1.03 bits per heavy atom. The molecule has 1 atom stereocenters. The molecule has 0 radical (unpaired) electrons. The Bertz CT molecular complexity index is 904. The van der Waals surface area contributed by atoms with Crippen molar-refractivity contribution in [3.05, 3.63) is 65.2 Å². The Labute approximate surface area is 180 Å². The second kappa shape index (κ2) is 8.54. The third-order valence-electron chi connectivity index (χ3n) is 6.46. The zero-order valence-corrected chi connectivity index (χ0v) is 17.5. The van der Waals surface area contributed by atoms with Crippen molar-refractivity contribution in [3.8, 4) is 5.75 Å². The Balaban J connectivity index is 1.58. The molecule has 1 aliphatic carbocycles. The number of alkyl halides is 3. The largest absolute Gasteiger partial charge is 0.497 e. The molecule has 7 heteroatoms. The van der Waals surface area contributed by atoms with Crippen LogP contribution in [0.1, 0.15) is 55.0 Å². The second-order valence-electron chi connectivity index (χ2n) is 8.41. The number of ether oxygens (including phenoxy) is 1. The van der Waals surface area contributed by atoms with Crippen LogP contribution < -0.4 is 10.1 Å². The van der Waals surface area contributed by atoms with Crippen molar-refractivity contribution >= 4 is 5.91 Å². The van der Waals surface area contributed by atoms with Gasteiger partial charge in [0.1, 0.15) is 11.9 Å². The van der Waals surface area contributed by atoms with Gasteiger partial charge in [0, 0.05) is 6.54 Å². The molecule has 1 saturated carbocycles. The predicted octanol–water partition coefficient (Wildman–Crippen LogP) is 5.09. The molecule has 1 spiro atoms. The SMILES string of the molecule is COc1ccc(CCN2C(=O)C3(CCCCC3)NC2c2ccc(C(F)(F)F)cc2)cc1. The van der Waals surface area contributed by atoms with Gasteiger partial charge in [0.25, 0.3) is 0 Å². The van der Waals surface area contributed by atoms with Crippen LogP contribution in [0.3, 0.4) is 0 Å². The summed E-state index contributed by atoms with van der Waals surface area (Å²) in [6.07, 6.45) is 0.444. The molecule has 2 aromatic carbocycles. The zero-order valence-electron chi connectivity index (χ0n) is 17.5. The van der Waals surface area contributed by atoms with Crippen molar-refractivity contribution in [3.63, 3.8) is 0 Å². The topological polar surface area (TPSA) is 41.6 Å². The maximum atomic E-state index is 13.5. The van der Waals surface area contributed by atoms with Gasteiger partial charge in [0.2, 0.25) is 5.91 Å². The molecule has 1 aliphatic heterocycles. The van der Waals surface area contributed by atoms with E-state index < -0.39 is 23.4 Å². The minimum Gasteiger partial charge on any atom is -0.497 e. The van der Waals surface area contributed by atoms with Gasteiger partial charge in [-0.05, 0) is 54.7 Å². The average molecular weight is 432 g/mol. The molecule has 4 rings (SSSR count). The Kier molecular flexibility index (Phi) is 5.97. The summed E-state index contributed by atoms with van der Waals surface area (Å²) < 4.78 is 44.2. The van der Waals surface area contributed by atoms with E-state index >= 15 is 0 Å².